The number of carbonyl (C=O) groups is 2. The third kappa shape index (κ3) is 2.83. The van der Waals surface area contributed by atoms with Gasteiger partial charge in [-0.05, 0) is 25.7 Å². The largest absolute Gasteiger partial charge is 0.479 e. The van der Waals surface area contributed by atoms with Crippen LogP contribution in [0.5, 0.6) is 0 Å². The minimum absolute atomic E-state index is 0.0754. The van der Waals surface area contributed by atoms with Crippen molar-refractivity contribution >= 4 is 11.9 Å². The SMILES string of the molecule is CCCN(C(C)=O)C1(C(=O)O)CCCC(OC)C1. The molecule has 0 heterocycles. The van der Waals surface area contributed by atoms with E-state index in [1.165, 1.54) is 11.8 Å². The van der Waals surface area contributed by atoms with Gasteiger partial charge in [0, 0.05) is 27.0 Å². The number of hydrogen-bond donors (Lipinski definition) is 1. The van der Waals surface area contributed by atoms with Crippen molar-refractivity contribution in [2.24, 2.45) is 0 Å². The maximum Gasteiger partial charge on any atom is 0.329 e. The Kier molecular flexibility index (Phi) is 5.14. The second-order valence-corrected chi connectivity index (χ2v) is 4.96. The van der Waals surface area contributed by atoms with E-state index in [1.54, 1.807) is 7.11 Å². The Labute approximate surface area is 108 Å². The Hall–Kier alpha value is -1.10. The van der Waals surface area contributed by atoms with Crippen LogP contribution in [-0.4, -0.2) is 47.2 Å². The van der Waals surface area contributed by atoms with Crippen LogP contribution >= 0.6 is 0 Å². The number of hydrogen-bond acceptors (Lipinski definition) is 3. The number of rotatable bonds is 5. The molecule has 1 N–H and O–H groups in total. The lowest BCUT2D eigenvalue weighted by Gasteiger charge is -2.44. The topological polar surface area (TPSA) is 66.8 Å². The Balaban J connectivity index is 3.04. The van der Waals surface area contributed by atoms with Gasteiger partial charge < -0.3 is 14.7 Å². The van der Waals surface area contributed by atoms with Crippen molar-refractivity contribution in [1.82, 2.24) is 4.90 Å². The number of amides is 1. The summed E-state index contributed by atoms with van der Waals surface area (Å²) in [7, 11) is 1.60. The number of ether oxygens (including phenoxy) is 1. The van der Waals surface area contributed by atoms with Crippen molar-refractivity contribution in [1.29, 1.82) is 0 Å². The summed E-state index contributed by atoms with van der Waals surface area (Å²) in [5.41, 5.74) is -1.08. The Morgan fingerprint density at radius 3 is 2.61 bits per heavy atom. The first-order valence-corrected chi connectivity index (χ1v) is 6.52. The molecule has 0 bridgehead atoms. The maximum absolute atomic E-state index is 11.8. The number of carbonyl (C=O) groups excluding carboxylic acids is 1. The normalized spacial score (nSPS) is 27.8. The van der Waals surface area contributed by atoms with E-state index in [-0.39, 0.29) is 12.0 Å². The molecule has 0 radical (unpaired) electrons. The average Bonchev–Trinajstić information content (AvgIpc) is 2.35. The van der Waals surface area contributed by atoms with Gasteiger partial charge in [0.2, 0.25) is 5.91 Å². The summed E-state index contributed by atoms with van der Waals surface area (Å²) in [5.74, 6) is -1.08. The van der Waals surface area contributed by atoms with Crippen LogP contribution in [0.3, 0.4) is 0 Å². The highest BCUT2D eigenvalue weighted by atomic mass is 16.5. The van der Waals surface area contributed by atoms with Crippen molar-refractivity contribution in [3.05, 3.63) is 0 Å². The molecule has 1 saturated carbocycles. The maximum atomic E-state index is 11.8. The molecule has 1 aliphatic rings. The van der Waals surface area contributed by atoms with Gasteiger partial charge in [-0.3, -0.25) is 4.79 Å². The molecule has 0 aliphatic heterocycles. The van der Waals surface area contributed by atoms with Gasteiger partial charge in [0.25, 0.3) is 0 Å². The van der Waals surface area contributed by atoms with Crippen LogP contribution < -0.4 is 0 Å². The summed E-state index contributed by atoms with van der Waals surface area (Å²) in [5, 5.41) is 9.60. The second kappa shape index (κ2) is 6.18. The van der Waals surface area contributed by atoms with Crippen molar-refractivity contribution in [3.63, 3.8) is 0 Å². The molecule has 0 aromatic carbocycles. The second-order valence-electron chi connectivity index (χ2n) is 4.96. The molecular weight excluding hydrogens is 234 g/mol. The first-order valence-electron chi connectivity index (χ1n) is 6.52. The average molecular weight is 257 g/mol. The van der Waals surface area contributed by atoms with Gasteiger partial charge in [-0.1, -0.05) is 6.92 Å². The molecule has 18 heavy (non-hydrogen) atoms. The predicted octanol–water partition coefficient (Wildman–Crippen LogP) is 1.66. The minimum Gasteiger partial charge on any atom is -0.479 e. The lowest BCUT2D eigenvalue weighted by atomic mass is 9.78. The van der Waals surface area contributed by atoms with Gasteiger partial charge in [0.05, 0.1) is 6.10 Å². The number of carboxylic acids is 1. The molecule has 0 aromatic heterocycles. The molecule has 0 spiro atoms. The fourth-order valence-corrected chi connectivity index (χ4v) is 2.86. The lowest BCUT2D eigenvalue weighted by molar-refractivity contribution is -0.165. The molecular formula is C13H23NO4. The van der Waals surface area contributed by atoms with Gasteiger partial charge >= 0.3 is 5.97 Å². The van der Waals surface area contributed by atoms with Crippen molar-refractivity contribution in [2.75, 3.05) is 13.7 Å². The van der Waals surface area contributed by atoms with Gasteiger partial charge in [-0.2, -0.15) is 0 Å². The first kappa shape index (κ1) is 15.0. The first-order chi connectivity index (χ1) is 8.47. The van der Waals surface area contributed by atoms with E-state index < -0.39 is 11.5 Å². The number of carboxylic acid groups (broad SMARTS) is 1. The quantitative estimate of drug-likeness (QED) is 0.813. The van der Waals surface area contributed by atoms with E-state index in [1.807, 2.05) is 6.92 Å². The standard InChI is InChI=1S/C13H23NO4/c1-4-8-14(10(2)15)13(12(16)17)7-5-6-11(9-13)18-3/h11H,4-9H2,1-3H3,(H,16,17). The smallest absolute Gasteiger partial charge is 0.329 e. The summed E-state index contributed by atoms with van der Waals surface area (Å²) in [6, 6.07) is 0. The van der Waals surface area contributed by atoms with Crippen LogP contribution in [0.1, 0.15) is 46.0 Å². The molecule has 1 rings (SSSR count). The molecule has 1 aliphatic carbocycles. The zero-order valence-corrected chi connectivity index (χ0v) is 11.4. The van der Waals surface area contributed by atoms with E-state index in [4.69, 9.17) is 4.74 Å². The van der Waals surface area contributed by atoms with E-state index in [9.17, 15) is 14.7 Å². The molecule has 0 saturated heterocycles. The molecule has 1 fully saturated rings. The van der Waals surface area contributed by atoms with Crippen LogP contribution in [0.4, 0.5) is 0 Å². The van der Waals surface area contributed by atoms with E-state index in [2.05, 4.69) is 0 Å². The number of methoxy groups -OCH3 is 1. The zero-order valence-electron chi connectivity index (χ0n) is 11.4. The summed E-state index contributed by atoms with van der Waals surface area (Å²) >= 11 is 0. The molecule has 104 valence electrons. The van der Waals surface area contributed by atoms with Crippen LogP contribution in [0, 0.1) is 0 Å². The third-order valence-electron chi connectivity index (χ3n) is 3.76. The van der Waals surface area contributed by atoms with Crippen molar-refractivity contribution < 1.29 is 19.4 Å². The van der Waals surface area contributed by atoms with Crippen LogP contribution in [0.2, 0.25) is 0 Å². The van der Waals surface area contributed by atoms with E-state index in [0.29, 0.717) is 19.4 Å². The Morgan fingerprint density at radius 1 is 1.50 bits per heavy atom. The molecule has 5 heteroatoms. The lowest BCUT2D eigenvalue weighted by Crippen LogP contribution is -2.59. The highest BCUT2D eigenvalue weighted by Gasteiger charge is 2.48. The van der Waals surface area contributed by atoms with Crippen LogP contribution in [0.15, 0.2) is 0 Å². The summed E-state index contributed by atoms with van der Waals surface area (Å²) in [6.45, 7) is 3.87. The highest BCUT2D eigenvalue weighted by Crippen LogP contribution is 2.35. The Morgan fingerprint density at radius 2 is 2.17 bits per heavy atom. The summed E-state index contributed by atoms with van der Waals surface area (Å²) in [4.78, 5) is 25.0. The van der Waals surface area contributed by atoms with Gasteiger partial charge in [0.15, 0.2) is 0 Å². The molecule has 0 aromatic rings. The summed E-state index contributed by atoms with van der Waals surface area (Å²) < 4.78 is 5.30. The molecule has 2 atom stereocenters. The molecule has 1 amide bonds. The van der Waals surface area contributed by atoms with Crippen LogP contribution in [-0.2, 0) is 14.3 Å². The van der Waals surface area contributed by atoms with Crippen LogP contribution in [0.25, 0.3) is 0 Å². The Bertz CT molecular complexity index is 318. The monoisotopic (exact) mass is 257 g/mol. The molecule has 2 unspecified atom stereocenters. The third-order valence-corrected chi connectivity index (χ3v) is 3.76. The fourth-order valence-electron chi connectivity index (χ4n) is 2.86. The summed E-state index contributed by atoms with van der Waals surface area (Å²) in [6.07, 6.45) is 3.22. The van der Waals surface area contributed by atoms with Crippen molar-refractivity contribution in [3.8, 4) is 0 Å². The van der Waals surface area contributed by atoms with Gasteiger partial charge in [-0.25, -0.2) is 4.79 Å². The number of aliphatic carboxylic acids is 1. The van der Waals surface area contributed by atoms with Crippen molar-refractivity contribution in [2.45, 2.75) is 57.6 Å². The van der Waals surface area contributed by atoms with Gasteiger partial charge in [0.1, 0.15) is 5.54 Å². The molecule has 5 nitrogen and oxygen atoms in total. The van der Waals surface area contributed by atoms with E-state index in [0.717, 1.165) is 19.3 Å². The van der Waals surface area contributed by atoms with E-state index >= 15 is 0 Å². The fraction of sp³-hybridized carbons (Fsp3) is 0.846. The van der Waals surface area contributed by atoms with Gasteiger partial charge in [-0.15, -0.1) is 0 Å². The predicted molar refractivity (Wildman–Crippen MR) is 67.3 cm³/mol. The minimum atomic E-state index is -1.08. The highest BCUT2D eigenvalue weighted by molar-refractivity contribution is 5.86. The number of nitrogens with zero attached hydrogens (tertiary/aromatic N) is 1. The zero-order chi connectivity index (χ0) is 13.8.